The summed E-state index contributed by atoms with van der Waals surface area (Å²) in [6.45, 7) is 4.69. The van der Waals surface area contributed by atoms with Gasteiger partial charge in [-0.2, -0.15) is 10.5 Å². The number of rotatable bonds is 9. The SMILES string of the molecule is COc1cc2c(Nc3ccc(Br)cc3F)ncnc2cc1OCC1CCN(C)CC1.Cc1ccc(NS(=O)(=O)c2cccc(C#N)c2)c2[nH]cc(C#N)c12. The Kier molecular flexibility index (Phi) is 11.6. The highest BCUT2D eigenvalue weighted by atomic mass is 79.9. The van der Waals surface area contributed by atoms with Gasteiger partial charge in [0.05, 0.1) is 58.2 Å². The standard InChI is InChI=1S/C22H24BrFN4O2.C17H12N4O2S/c1-28-7-5-14(6-8-28)12-30-21-11-19-16(10-20(21)29-2)22(26-13-25-19)27-18-4-3-15(23)9-17(18)24;1-11-5-6-15(17-16(11)13(9-19)10-20-17)21-24(22,23)14-4-2-3-12(7-14)8-18/h3-4,9-11,13-14H,5-8,12H2,1-2H3,(H,25,26,27);2-7,10,20-21H,1H3. The Morgan fingerprint density at radius 2 is 1.80 bits per heavy atom. The van der Waals surface area contributed by atoms with E-state index in [4.69, 9.17) is 20.0 Å². The maximum atomic E-state index is 14.3. The Labute approximate surface area is 320 Å². The maximum Gasteiger partial charge on any atom is 0.262 e. The van der Waals surface area contributed by atoms with E-state index in [2.05, 4.69) is 58.9 Å². The molecule has 3 N–H and O–H groups in total. The molecule has 1 fully saturated rings. The number of anilines is 3. The monoisotopic (exact) mass is 810 g/mol. The van der Waals surface area contributed by atoms with E-state index in [1.807, 2.05) is 25.1 Å². The van der Waals surface area contributed by atoms with Gasteiger partial charge in [0.2, 0.25) is 0 Å². The highest BCUT2D eigenvalue weighted by Gasteiger charge is 2.20. The average molecular weight is 812 g/mol. The number of methoxy groups -OCH3 is 1. The van der Waals surface area contributed by atoms with Crippen LogP contribution in [0.2, 0.25) is 0 Å². The molecule has 2 aromatic heterocycles. The van der Waals surface area contributed by atoms with Crippen LogP contribution in [0.1, 0.15) is 29.5 Å². The van der Waals surface area contributed by atoms with Gasteiger partial charge in [0.1, 0.15) is 24.0 Å². The fourth-order valence-electron chi connectivity index (χ4n) is 6.12. The zero-order valence-corrected chi connectivity index (χ0v) is 32.1. The van der Waals surface area contributed by atoms with Gasteiger partial charge in [-0.25, -0.2) is 22.8 Å². The van der Waals surface area contributed by atoms with E-state index >= 15 is 0 Å². The number of aryl methyl sites for hydroxylation is 1. The van der Waals surface area contributed by atoms with Crippen molar-refractivity contribution < 1.29 is 22.3 Å². The summed E-state index contributed by atoms with van der Waals surface area (Å²) in [6.07, 6.45) is 5.25. The summed E-state index contributed by atoms with van der Waals surface area (Å²) >= 11 is 3.27. The van der Waals surface area contributed by atoms with Crippen molar-refractivity contribution in [1.29, 1.82) is 10.5 Å². The van der Waals surface area contributed by atoms with E-state index in [9.17, 15) is 12.8 Å². The molecule has 6 aromatic rings. The lowest BCUT2D eigenvalue weighted by Gasteiger charge is -2.28. The van der Waals surface area contributed by atoms with Crippen LogP contribution in [-0.2, 0) is 10.0 Å². The second kappa shape index (κ2) is 16.5. The topological polar surface area (TPSA) is 169 Å². The van der Waals surface area contributed by atoms with Crippen LogP contribution in [0.15, 0.2) is 88.6 Å². The van der Waals surface area contributed by atoms with Gasteiger partial charge < -0.3 is 24.7 Å². The minimum Gasteiger partial charge on any atom is -0.493 e. The molecule has 0 saturated carbocycles. The fraction of sp³-hybridized carbons (Fsp3) is 0.231. The summed E-state index contributed by atoms with van der Waals surface area (Å²) in [4.78, 5) is 13.9. The van der Waals surface area contributed by atoms with Crippen LogP contribution in [0.3, 0.4) is 0 Å². The average Bonchev–Trinajstić information content (AvgIpc) is 3.62. The molecule has 0 radical (unpaired) electrons. The van der Waals surface area contributed by atoms with Crippen molar-refractivity contribution in [2.45, 2.75) is 24.7 Å². The van der Waals surface area contributed by atoms with Crippen molar-refractivity contribution in [2.75, 3.05) is 43.9 Å². The molecule has 12 nitrogen and oxygen atoms in total. The van der Waals surface area contributed by atoms with Gasteiger partial charge in [-0.05, 0) is 99.9 Å². The van der Waals surface area contributed by atoms with E-state index in [1.165, 1.54) is 36.7 Å². The minimum absolute atomic E-state index is 0.00216. The van der Waals surface area contributed by atoms with E-state index in [1.54, 1.807) is 37.6 Å². The molecule has 1 aliphatic heterocycles. The minimum atomic E-state index is -3.85. The van der Waals surface area contributed by atoms with Crippen molar-refractivity contribution >= 4 is 65.0 Å². The summed E-state index contributed by atoms with van der Waals surface area (Å²) in [5, 5.41) is 22.5. The number of nitriles is 2. The zero-order chi connectivity index (χ0) is 38.4. The Bertz CT molecular complexity index is 2530. The number of nitrogens with one attached hydrogen (secondary N) is 3. The number of nitrogens with zero attached hydrogens (tertiary/aromatic N) is 5. The van der Waals surface area contributed by atoms with Crippen molar-refractivity contribution in [3.63, 3.8) is 0 Å². The van der Waals surface area contributed by atoms with Crippen LogP contribution in [0.4, 0.5) is 21.6 Å². The van der Waals surface area contributed by atoms with Crippen LogP contribution >= 0.6 is 15.9 Å². The van der Waals surface area contributed by atoms with Gasteiger partial charge in [-0.1, -0.05) is 28.1 Å². The van der Waals surface area contributed by atoms with Crippen LogP contribution < -0.4 is 19.5 Å². The van der Waals surface area contributed by atoms with Crippen LogP contribution in [-0.4, -0.2) is 62.1 Å². The number of likely N-dealkylation sites (tertiary alicyclic amines) is 1. The third-order valence-electron chi connectivity index (χ3n) is 9.10. The van der Waals surface area contributed by atoms with Gasteiger partial charge in [0, 0.05) is 27.5 Å². The molecule has 0 unspecified atom stereocenters. The summed E-state index contributed by atoms with van der Waals surface area (Å²) < 4.78 is 54.3. The van der Waals surface area contributed by atoms with Crippen molar-refractivity contribution in [3.8, 4) is 23.6 Å². The third kappa shape index (κ3) is 8.55. The first-order chi connectivity index (χ1) is 26.0. The molecule has 7 rings (SSSR count). The molecule has 4 aromatic carbocycles. The number of hydrogen-bond acceptors (Lipinski definition) is 10. The Morgan fingerprint density at radius 3 is 2.52 bits per heavy atom. The third-order valence-corrected chi connectivity index (χ3v) is 11.0. The smallest absolute Gasteiger partial charge is 0.262 e. The first-order valence-electron chi connectivity index (χ1n) is 16.9. The number of benzene rings is 4. The molecule has 15 heteroatoms. The largest absolute Gasteiger partial charge is 0.493 e. The van der Waals surface area contributed by atoms with E-state index < -0.39 is 10.0 Å². The van der Waals surface area contributed by atoms with E-state index in [0.29, 0.717) is 67.7 Å². The van der Waals surface area contributed by atoms with Crippen molar-refractivity contribution in [3.05, 3.63) is 106 Å². The number of piperidine rings is 1. The highest BCUT2D eigenvalue weighted by molar-refractivity contribution is 9.10. The maximum absolute atomic E-state index is 14.3. The number of H-pyrrole nitrogens is 1. The summed E-state index contributed by atoms with van der Waals surface area (Å²) in [5.74, 6) is 1.92. The Morgan fingerprint density at radius 1 is 1.02 bits per heavy atom. The molecule has 0 aliphatic carbocycles. The number of ether oxygens (including phenoxy) is 2. The predicted octanol–water partition coefficient (Wildman–Crippen LogP) is 8.02. The zero-order valence-electron chi connectivity index (χ0n) is 29.7. The Hall–Kier alpha value is -5.74. The summed E-state index contributed by atoms with van der Waals surface area (Å²) in [5.41, 5.74) is 3.51. The normalized spacial score (nSPS) is 13.4. The van der Waals surface area contributed by atoms with Gasteiger partial charge in [-0.15, -0.1) is 0 Å². The molecule has 0 atom stereocenters. The van der Waals surface area contributed by atoms with Gasteiger partial charge in [0.15, 0.2) is 11.5 Å². The lowest BCUT2D eigenvalue weighted by Crippen LogP contribution is -2.32. The molecule has 0 spiro atoms. The lowest BCUT2D eigenvalue weighted by atomic mass is 9.98. The quantitative estimate of drug-likeness (QED) is 0.130. The number of fused-ring (bicyclic) bond motifs is 2. The number of aromatic amines is 1. The van der Waals surface area contributed by atoms with E-state index in [0.717, 1.165) is 36.9 Å². The predicted molar refractivity (Wildman–Crippen MR) is 209 cm³/mol. The van der Waals surface area contributed by atoms with Crippen LogP contribution in [0.5, 0.6) is 11.5 Å². The lowest BCUT2D eigenvalue weighted by molar-refractivity contribution is 0.157. The first-order valence-corrected chi connectivity index (χ1v) is 19.2. The summed E-state index contributed by atoms with van der Waals surface area (Å²) in [7, 11) is -0.0980. The molecule has 54 heavy (non-hydrogen) atoms. The van der Waals surface area contributed by atoms with Gasteiger partial charge in [0.25, 0.3) is 10.0 Å². The van der Waals surface area contributed by atoms with Crippen LogP contribution in [0.25, 0.3) is 21.8 Å². The molecule has 3 heterocycles. The number of halogens is 2. The molecule has 276 valence electrons. The molecule has 0 amide bonds. The number of sulfonamides is 1. The van der Waals surface area contributed by atoms with Gasteiger partial charge in [-0.3, -0.25) is 4.72 Å². The van der Waals surface area contributed by atoms with E-state index in [-0.39, 0.29) is 16.3 Å². The van der Waals surface area contributed by atoms with Crippen molar-refractivity contribution in [1.82, 2.24) is 19.9 Å². The molecular weight excluding hydrogens is 775 g/mol. The van der Waals surface area contributed by atoms with Crippen molar-refractivity contribution in [2.24, 2.45) is 5.92 Å². The first kappa shape index (κ1) is 38.0. The van der Waals surface area contributed by atoms with Crippen LogP contribution in [0, 0.1) is 41.3 Å². The molecule has 1 aliphatic rings. The fourth-order valence-corrected chi connectivity index (χ4v) is 7.57. The second-order valence-electron chi connectivity index (χ2n) is 12.8. The summed E-state index contributed by atoms with van der Waals surface area (Å²) in [6, 6.07) is 21.7. The molecule has 1 saturated heterocycles. The second-order valence-corrected chi connectivity index (χ2v) is 15.4. The molecule has 0 bridgehead atoms. The van der Waals surface area contributed by atoms with Gasteiger partial charge >= 0.3 is 0 Å². The highest BCUT2D eigenvalue weighted by Crippen LogP contribution is 2.36. The Balaban J connectivity index is 0.000000189. The molecular formula is C39H36BrFN8O4S. The number of aromatic nitrogens is 3. The number of hydrogen-bond donors (Lipinski definition) is 3.